The normalized spacial score (nSPS) is 19.4. The van der Waals surface area contributed by atoms with Crippen LogP contribution >= 0.6 is 0 Å². The summed E-state index contributed by atoms with van der Waals surface area (Å²) in [6.07, 6.45) is 2.11. The molecule has 1 amide bonds. The van der Waals surface area contributed by atoms with Crippen molar-refractivity contribution in [2.75, 3.05) is 42.5 Å². The number of carbonyl (C=O) groups is 1. The van der Waals surface area contributed by atoms with Crippen LogP contribution in [0.15, 0.2) is 23.3 Å². The Morgan fingerprint density at radius 2 is 1.82 bits per heavy atom. The van der Waals surface area contributed by atoms with Gasteiger partial charge in [-0.3, -0.25) is 9.59 Å². The van der Waals surface area contributed by atoms with E-state index in [0.29, 0.717) is 51.5 Å². The van der Waals surface area contributed by atoms with E-state index < -0.39 is 17.3 Å². The first kappa shape index (κ1) is 24.0. The Kier molecular flexibility index (Phi) is 7.03. The predicted molar refractivity (Wildman–Crippen MR) is 120 cm³/mol. The van der Waals surface area contributed by atoms with Gasteiger partial charge in [-0.05, 0) is 38.2 Å². The standard InChI is InChI=1S/C22H28F3N7O2/c1-15-13-26-21(27-14-15)31-10-8-30(9-11-31)19(33)6-5-16-4-2-3-7-32(16)18-12-17(22(23,24)25)20(34)29-28-18/h12-14,16H,2-11H2,1H3,(H,29,34)/t16-/m0/s1. The molecule has 184 valence electrons. The summed E-state index contributed by atoms with van der Waals surface area (Å²) >= 11 is 0. The fourth-order valence-corrected chi connectivity index (χ4v) is 4.51. The summed E-state index contributed by atoms with van der Waals surface area (Å²) in [5.41, 5.74) is -1.52. The minimum Gasteiger partial charge on any atom is -0.352 e. The lowest BCUT2D eigenvalue weighted by molar-refractivity contribution is -0.138. The van der Waals surface area contributed by atoms with Crippen molar-refractivity contribution in [3.63, 3.8) is 0 Å². The summed E-state index contributed by atoms with van der Waals surface area (Å²) in [6.45, 7) is 4.89. The molecule has 0 aromatic carbocycles. The summed E-state index contributed by atoms with van der Waals surface area (Å²) in [4.78, 5) is 38.8. The van der Waals surface area contributed by atoms with Crippen LogP contribution < -0.4 is 15.4 Å². The summed E-state index contributed by atoms with van der Waals surface area (Å²) < 4.78 is 39.5. The van der Waals surface area contributed by atoms with Gasteiger partial charge in [0, 0.05) is 63.6 Å². The van der Waals surface area contributed by atoms with Crippen LogP contribution in [-0.2, 0) is 11.0 Å². The van der Waals surface area contributed by atoms with Gasteiger partial charge in [0.2, 0.25) is 11.9 Å². The number of nitrogens with zero attached hydrogens (tertiary/aromatic N) is 6. The zero-order chi connectivity index (χ0) is 24.3. The summed E-state index contributed by atoms with van der Waals surface area (Å²) in [6, 6.07) is 0.699. The molecule has 4 rings (SSSR count). The molecule has 2 aliphatic heterocycles. The highest BCUT2D eigenvalue weighted by atomic mass is 19.4. The molecule has 12 heteroatoms. The molecule has 2 aromatic rings. The number of nitrogens with one attached hydrogen (secondary N) is 1. The van der Waals surface area contributed by atoms with Gasteiger partial charge in [0.25, 0.3) is 5.56 Å². The highest BCUT2D eigenvalue weighted by Gasteiger charge is 2.36. The third-order valence-corrected chi connectivity index (χ3v) is 6.39. The lowest BCUT2D eigenvalue weighted by Crippen LogP contribution is -2.49. The Bertz CT molecular complexity index is 1050. The van der Waals surface area contributed by atoms with Crippen LogP contribution in [0, 0.1) is 6.92 Å². The average Bonchev–Trinajstić information content (AvgIpc) is 2.83. The summed E-state index contributed by atoms with van der Waals surface area (Å²) in [5, 5.41) is 5.83. The first-order valence-corrected chi connectivity index (χ1v) is 11.5. The molecule has 2 saturated heterocycles. The fraction of sp³-hybridized carbons (Fsp3) is 0.591. The van der Waals surface area contributed by atoms with E-state index in [4.69, 9.17) is 0 Å². The second-order valence-corrected chi connectivity index (χ2v) is 8.78. The van der Waals surface area contributed by atoms with Crippen LogP contribution in [0.3, 0.4) is 0 Å². The van der Waals surface area contributed by atoms with Crippen LogP contribution in [0.1, 0.15) is 43.2 Å². The third kappa shape index (κ3) is 5.48. The van der Waals surface area contributed by atoms with E-state index in [-0.39, 0.29) is 17.8 Å². The maximum absolute atomic E-state index is 13.2. The molecule has 0 aliphatic carbocycles. The topological polar surface area (TPSA) is 98.3 Å². The molecule has 0 radical (unpaired) electrons. The van der Waals surface area contributed by atoms with Crippen molar-refractivity contribution in [2.24, 2.45) is 0 Å². The number of hydrogen-bond donors (Lipinski definition) is 1. The largest absolute Gasteiger partial charge is 0.421 e. The predicted octanol–water partition coefficient (Wildman–Crippen LogP) is 2.38. The van der Waals surface area contributed by atoms with E-state index >= 15 is 0 Å². The summed E-state index contributed by atoms with van der Waals surface area (Å²) in [5.74, 6) is 0.776. The number of carbonyl (C=O) groups excluding carboxylic acids is 1. The van der Waals surface area contributed by atoms with Crippen molar-refractivity contribution in [3.8, 4) is 0 Å². The number of alkyl halides is 3. The SMILES string of the molecule is Cc1cnc(N2CCN(C(=O)CC[C@@H]3CCCCN3c3cc(C(F)(F)F)c(=O)[nH]n3)CC2)nc1. The van der Waals surface area contributed by atoms with Gasteiger partial charge in [-0.25, -0.2) is 15.1 Å². The third-order valence-electron chi connectivity index (χ3n) is 6.39. The van der Waals surface area contributed by atoms with Crippen LogP contribution in [0.2, 0.25) is 0 Å². The number of H-pyrrole nitrogens is 1. The molecule has 1 N–H and O–H groups in total. The molecule has 0 unspecified atom stereocenters. The number of rotatable bonds is 5. The molecular formula is C22H28F3N7O2. The molecule has 0 bridgehead atoms. The molecule has 2 aliphatic rings. The van der Waals surface area contributed by atoms with E-state index in [1.807, 2.05) is 21.8 Å². The Morgan fingerprint density at radius 3 is 2.50 bits per heavy atom. The van der Waals surface area contributed by atoms with E-state index in [9.17, 15) is 22.8 Å². The second-order valence-electron chi connectivity index (χ2n) is 8.78. The lowest BCUT2D eigenvalue weighted by Gasteiger charge is -2.38. The zero-order valence-electron chi connectivity index (χ0n) is 19.0. The van der Waals surface area contributed by atoms with Gasteiger partial charge in [-0.15, -0.1) is 0 Å². The van der Waals surface area contributed by atoms with E-state index in [1.165, 1.54) is 0 Å². The average molecular weight is 480 g/mol. The Balaban J connectivity index is 1.34. The number of halogens is 3. The number of amides is 1. The van der Waals surface area contributed by atoms with E-state index in [0.717, 1.165) is 30.9 Å². The van der Waals surface area contributed by atoms with Gasteiger partial charge in [-0.1, -0.05) is 0 Å². The number of piperidine rings is 1. The minimum atomic E-state index is -4.75. The van der Waals surface area contributed by atoms with E-state index in [2.05, 4.69) is 15.1 Å². The van der Waals surface area contributed by atoms with Crippen molar-refractivity contribution >= 4 is 17.7 Å². The quantitative estimate of drug-likeness (QED) is 0.703. The van der Waals surface area contributed by atoms with Crippen molar-refractivity contribution in [3.05, 3.63) is 39.9 Å². The Morgan fingerprint density at radius 1 is 1.12 bits per heavy atom. The lowest BCUT2D eigenvalue weighted by atomic mass is 9.97. The van der Waals surface area contributed by atoms with Crippen molar-refractivity contribution in [2.45, 2.75) is 51.2 Å². The molecule has 2 fully saturated rings. The first-order chi connectivity index (χ1) is 16.2. The first-order valence-electron chi connectivity index (χ1n) is 11.5. The maximum Gasteiger partial charge on any atom is 0.421 e. The molecule has 4 heterocycles. The molecule has 2 aromatic heterocycles. The number of hydrogen-bond acceptors (Lipinski definition) is 7. The van der Waals surface area contributed by atoms with Crippen molar-refractivity contribution in [1.29, 1.82) is 0 Å². The molecule has 34 heavy (non-hydrogen) atoms. The van der Waals surface area contributed by atoms with Crippen molar-refractivity contribution in [1.82, 2.24) is 25.1 Å². The monoisotopic (exact) mass is 479 g/mol. The van der Waals surface area contributed by atoms with Gasteiger partial charge in [-0.2, -0.15) is 18.3 Å². The number of piperazine rings is 1. The number of aryl methyl sites for hydroxylation is 1. The molecule has 1 atom stereocenters. The van der Waals surface area contributed by atoms with Gasteiger partial charge in [0.05, 0.1) is 0 Å². The Labute approximate surface area is 195 Å². The van der Waals surface area contributed by atoms with Gasteiger partial charge in [0.1, 0.15) is 11.4 Å². The maximum atomic E-state index is 13.2. The van der Waals surface area contributed by atoms with Crippen LogP contribution in [-0.4, -0.2) is 69.7 Å². The van der Waals surface area contributed by atoms with E-state index in [1.54, 1.807) is 17.3 Å². The van der Waals surface area contributed by atoms with Crippen LogP contribution in [0.4, 0.5) is 24.9 Å². The molecule has 0 spiro atoms. The molecule has 9 nitrogen and oxygen atoms in total. The number of anilines is 2. The Hall–Kier alpha value is -3.18. The smallest absolute Gasteiger partial charge is 0.352 e. The van der Waals surface area contributed by atoms with Gasteiger partial charge >= 0.3 is 6.18 Å². The molecule has 0 saturated carbocycles. The molecular weight excluding hydrogens is 451 g/mol. The minimum absolute atomic E-state index is 0.0282. The zero-order valence-corrected chi connectivity index (χ0v) is 19.0. The van der Waals surface area contributed by atoms with Gasteiger partial charge < -0.3 is 14.7 Å². The number of aromatic amines is 1. The van der Waals surface area contributed by atoms with Gasteiger partial charge in [0.15, 0.2) is 0 Å². The second kappa shape index (κ2) is 9.98. The van der Waals surface area contributed by atoms with Crippen molar-refractivity contribution < 1.29 is 18.0 Å². The highest BCUT2D eigenvalue weighted by molar-refractivity contribution is 5.76. The number of aromatic nitrogens is 4. The van der Waals surface area contributed by atoms with Crippen LogP contribution in [0.5, 0.6) is 0 Å². The highest BCUT2D eigenvalue weighted by Crippen LogP contribution is 2.31. The fourth-order valence-electron chi connectivity index (χ4n) is 4.51. The van der Waals surface area contributed by atoms with Crippen LogP contribution in [0.25, 0.3) is 0 Å². The summed E-state index contributed by atoms with van der Waals surface area (Å²) in [7, 11) is 0.